The van der Waals surface area contributed by atoms with Gasteiger partial charge in [-0.2, -0.15) is 9.61 Å². The Kier molecular flexibility index (Phi) is 10.2. The van der Waals surface area contributed by atoms with E-state index in [-0.39, 0.29) is 6.61 Å². The van der Waals surface area contributed by atoms with E-state index in [9.17, 15) is 5.11 Å². The lowest BCUT2D eigenvalue weighted by Gasteiger charge is -2.37. The van der Waals surface area contributed by atoms with Crippen molar-refractivity contribution in [2.24, 2.45) is 0 Å². The van der Waals surface area contributed by atoms with Crippen molar-refractivity contribution < 1.29 is 19.3 Å². The lowest BCUT2D eigenvalue weighted by atomic mass is 9.77. The first kappa shape index (κ1) is 29.3. The minimum Gasteiger partial charge on any atom is -0.393 e. The summed E-state index contributed by atoms with van der Waals surface area (Å²) < 4.78 is 19.9. The molecule has 10 heteroatoms. The third kappa shape index (κ3) is 8.36. The van der Waals surface area contributed by atoms with Crippen LogP contribution in [0.25, 0.3) is 5.65 Å². The van der Waals surface area contributed by atoms with Crippen molar-refractivity contribution in [3.05, 3.63) is 24.0 Å². The molecule has 1 aliphatic carbocycles. The van der Waals surface area contributed by atoms with Gasteiger partial charge in [-0.25, -0.2) is 4.98 Å². The number of fused-ring (bicyclic) bond motifs is 1. The lowest BCUT2D eigenvalue weighted by molar-refractivity contribution is -0.0784. The summed E-state index contributed by atoms with van der Waals surface area (Å²) in [7, 11) is -0.637. The summed E-state index contributed by atoms with van der Waals surface area (Å²) in [5.41, 5.74) is 1.48. The predicted octanol–water partition coefficient (Wildman–Crippen LogP) is 5.20. The summed E-state index contributed by atoms with van der Waals surface area (Å²) in [6, 6.07) is 6.38. The highest BCUT2D eigenvalue weighted by atomic mass is 28.3. The Morgan fingerprint density at radius 3 is 2.11 bits per heavy atom. The zero-order chi connectivity index (χ0) is 26.4. The monoisotopic (exact) mass is 536 g/mol. The number of aliphatic hydroxyl groups is 1. The van der Waals surface area contributed by atoms with Crippen molar-refractivity contribution in [1.29, 1.82) is 0 Å². The van der Waals surface area contributed by atoms with Crippen molar-refractivity contribution in [3.63, 3.8) is 0 Å². The van der Waals surface area contributed by atoms with Gasteiger partial charge in [-0.3, -0.25) is 0 Å². The molecule has 8 nitrogen and oxygen atoms in total. The molecule has 0 amide bonds. The standard InChI is InChI=1S/C26H48N4O4Si2/c1-32-26(19-31)11-8-22(9-12-26)23-18-25(30-24(28-23)10-13-27-30)29(20-33-14-16-35(2,3)4)21-34-15-17-36(5,6)7/h10,13,18,22,31H,8-9,11-12,14-17,19-21H2,1-7H3. The smallest absolute Gasteiger partial charge is 0.157 e. The van der Waals surface area contributed by atoms with Gasteiger partial charge in [0.05, 0.1) is 18.4 Å². The molecule has 0 aromatic carbocycles. The Hall–Kier alpha value is -1.31. The van der Waals surface area contributed by atoms with Gasteiger partial charge in [0.25, 0.3) is 0 Å². The molecule has 2 heterocycles. The third-order valence-electron chi connectivity index (χ3n) is 7.21. The second kappa shape index (κ2) is 12.5. The highest BCUT2D eigenvalue weighted by Gasteiger charge is 2.36. The van der Waals surface area contributed by atoms with Crippen LogP contribution in [-0.2, 0) is 14.2 Å². The molecule has 1 aliphatic rings. The SMILES string of the molecule is COC1(CO)CCC(c2cc(N(COCC[Si](C)(C)C)COCC[Si](C)(C)C)n3nccc3n2)CC1. The number of aliphatic hydroxyl groups excluding tert-OH is 1. The van der Waals surface area contributed by atoms with Crippen molar-refractivity contribution in [2.45, 2.75) is 88.6 Å². The van der Waals surface area contributed by atoms with Gasteiger partial charge in [-0.1, -0.05) is 39.3 Å². The summed E-state index contributed by atoms with van der Waals surface area (Å²) in [4.78, 5) is 7.11. The van der Waals surface area contributed by atoms with Crippen LogP contribution in [0, 0.1) is 0 Å². The maximum Gasteiger partial charge on any atom is 0.157 e. The zero-order valence-electron chi connectivity index (χ0n) is 23.5. The molecule has 1 fully saturated rings. The average molecular weight is 537 g/mol. The second-order valence-corrected chi connectivity index (χ2v) is 23.9. The first-order valence-electron chi connectivity index (χ1n) is 13.4. The average Bonchev–Trinajstić information content (AvgIpc) is 3.30. The number of anilines is 1. The van der Waals surface area contributed by atoms with Crippen LogP contribution in [-0.4, -0.2) is 81.8 Å². The van der Waals surface area contributed by atoms with Crippen molar-refractivity contribution in [3.8, 4) is 0 Å². The van der Waals surface area contributed by atoms with Gasteiger partial charge in [0, 0.05) is 60.2 Å². The third-order valence-corrected chi connectivity index (χ3v) is 10.6. The van der Waals surface area contributed by atoms with E-state index >= 15 is 0 Å². The molecule has 0 aliphatic heterocycles. The van der Waals surface area contributed by atoms with E-state index in [1.54, 1.807) is 13.3 Å². The fourth-order valence-electron chi connectivity index (χ4n) is 4.49. The summed E-state index contributed by atoms with van der Waals surface area (Å²) in [6.45, 7) is 16.7. The Morgan fingerprint density at radius 1 is 1.03 bits per heavy atom. The molecule has 2 aromatic heterocycles. The van der Waals surface area contributed by atoms with E-state index in [4.69, 9.17) is 19.2 Å². The van der Waals surface area contributed by atoms with E-state index < -0.39 is 21.7 Å². The largest absolute Gasteiger partial charge is 0.393 e. The molecule has 0 atom stereocenters. The second-order valence-electron chi connectivity index (χ2n) is 12.7. The normalized spacial score (nSPS) is 21.3. The minimum atomic E-state index is -1.17. The fraction of sp³-hybridized carbons (Fsp3) is 0.769. The summed E-state index contributed by atoms with van der Waals surface area (Å²) in [6.07, 6.45) is 5.33. The topological polar surface area (TPSA) is 81.4 Å². The van der Waals surface area contributed by atoms with E-state index in [0.717, 1.165) is 68.1 Å². The van der Waals surface area contributed by atoms with Crippen LogP contribution in [0.2, 0.25) is 51.4 Å². The molecule has 0 bridgehead atoms. The number of aromatic nitrogens is 3. The van der Waals surface area contributed by atoms with Crippen LogP contribution in [0.1, 0.15) is 37.3 Å². The molecule has 0 radical (unpaired) electrons. The van der Waals surface area contributed by atoms with Crippen LogP contribution >= 0.6 is 0 Å². The Labute approximate surface area is 219 Å². The maximum atomic E-state index is 9.85. The van der Waals surface area contributed by atoms with Crippen LogP contribution in [0.15, 0.2) is 18.3 Å². The molecule has 3 rings (SSSR count). The summed E-state index contributed by atoms with van der Waals surface area (Å²) in [5.74, 6) is 1.27. The van der Waals surface area contributed by atoms with Crippen molar-refractivity contribution in [1.82, 2.24) is 14.6 Å². The van der Waals surface area contributed by atoms with Gasteiger partial charge in [-0.05, 0) is 37.8 Å². The predicted molar refractivity (Wildman–Crippen MR) is 151 cm³/mol. The molecular formula is C26H48N4O4Si2. The van der Waals surface area contributed by atoms with E-state index in [1.165, 1.54) is 0 Å². The van der Waals surface area contributed by atoms with Crippen LogP contribution in [0.5, 0.6) is 0 Å². The summed E-state index contributed by atoms with van der Waals surface area (Å²) >= 11 is 0. The zero-order valence-corrected chi connectivity index (χ0v) is 25.5. The number of ether oxygens (including phenoxy) is 3. The number of methoxy groups -OCH3 is 1. The van der Waals surface area contributed by atoms with Crippen molar-refractivity contribution >= 4 is 27.6 Å². The van der Waals surface area contributed by atoms with Crippen LogP contribution < -0.4 is 4.90 Å². The molecule has 0 unspecified atom stereocenters. The maximum absolute atomic E-state index is 9.85. The number of hydrogen-bond donors (Lipinski definition) is 1. The number of nitrogens with zero attached hydrogens (tertiary/aromatic N) is 4. The van der Waals surface area contributed by atoms with Gasteiger partial charge >= 0.3 is 0 Å². The van der Waals surface area contributed by atoms with Crippen LogP contribution in [0.4, 0.5) is 5.82 Å². The van der Waals surface area contributed by atoms with Gasteiger partial charge in [0.15, 0.2) is 5.65 Å². The Balaban J connectivity index is 1.80. The molecule has 2 aromatic rings. The molecule has 0 saturated heterocycles. The molecule has 0 spiro atoms. The van der Waals surface area contributed by atoms with E-state index in [0.29, 0.717) is 19.4 Å². The van der Waals surface area contributed by atoms with Crippen LogP contribution in [0.3, 0.4) is 0 Å². The molecule has 1 N–H and O–H groups in total. The van der Waals surface area contributed by atoms with Gasteiger partial charge in [0.2, 0.25) is 0 Å². The highest BCUT2D eigenvalue weighted by Crippen LogP contribution is 2.39. The quantitative estimate of drug-likeness (QED) is 0.202. The Bertz CT molecular complexity index is 922. The number of rotatable bonds is 14. The Morgan fingerprint density at radius 2 is 1.61 bits per heavy atom. The molecular weight excluding hydrogens is 488 g/mol. The lowest BCUT2D eigenvalue weighted by Crippen LogP contribution is -2.39. The number of hydrogen-bond acceptors (Lipinski definition) is 7. The van der Waals surface area contributed by atoms with E-state index in [1.807, 2.05) is 10.6 Å². The highest BCUT2D eigenvalue weighted by molar-refractivity contribution is 6.76. The molecule has 204 valence electrons. The van der Waals surface area contributed by atoms with Gasteiger partial charge in [-0.15, -0.1) is 0 Å². The molecule has 36 heavy (non-hydrogen) atoms. The summed E-state index contributed by atoms with van der Waals surface area (Å²) in [5, 5.41) is 14.4. The van der Waals surface area contributed by atoms with E-state index in [2.05, 4.69) is 55.3 Å². The van der Waals surface area contributed by atoms with Gasteiger partial charge < -0.3 is 24.2 Å². The molecule has 1 saturated carbocycles. The first-order chi connectivity index (χ1) is 17.0. The fourth-order valence-corrected chi connectivity index (χ4v) is 6.01. The van der Waals surface area contributed by atoms with Gasteiger partial charge in [0.1, 0.15) is 19.3 Å². The first-order valence-corrected chi connectivity index (χ1v) is 20.8. The minimum absolute atomic E-state index is 0.0634. The van der Waals surface area contributed by atoms with Crippen molar-refractivity contribution in [2.75, 3.05) is 45.3 Å².